The van der Waals surface area contributed by atoms with Crippen LogP contribution in [0.2, 0.25) is 0 Å². The number of rotatable bonds is 10. The van der Waals surface area contributed by atoms with E-state index < -0.39 is 0 Å². The largest absolute Gasteiger partial charge is 0.506 e. The van der Waals surface area contributed by atoms with Crippen LogP contribution in [0.1, 0.15) is 19.8 Å². The Hall–Kier alpha value is -1.26. The Morgan fingerprint density at radius 3 is 2.39 bits per heavy atom. The maximum atomic E-state index is 10.0. The summed E-state index contributed by atoms with van der Waals surface area (Å²) in [5, 5.41) is 13.4. The van der Waals surface area contributed by atoms with E-state index in [1.165, 1.54) is 0 Å². The normalized spacial score (nSPS) is 14.7. The van der Waals surface area contributed by atoms with Gasteiger partial charge in [-0.1, -0.05) is 25.5 Å². The molecule has 1 aromatic carbocycles. The lowest BCUT2D eigenvalue weighted by molar-refractivity contribution is 0.0486. The molecular formula is C20H35IN4O3. The Morgan fingerprint density at radius 1 is 1.07 bits per heavy atom. The molecule has 0 aliphatic carbocycles. The highest BCUT2D eigenvalue weighted by molar-refractivity contribution is 14.0. The molecular weight excluding hydrogens is 471 g/mol. The van der Waals surface area contributed by atoms with Crippen molar-refractivity contribution < 1.29 is 14.6 Å². The van der Waals surface area contributed by atoms with Crippen molar-refractivity contribution in [2.75, 3.05) is 71.1 Å². The van der Waals surface area contributed by atoms with E-state index in [9.17, 15) is 5.11 Å². The number of nitrogens with one attached hydrogen (secondary N) is 1. The van der Waals surface area contributed by atoms with E-state index in [0.29, 0.717) is 25.6 Å². The number of halogens is 1. The first-order chi connectivity index (χ1) is 13.3. The standard InChI is InChI=1S/C20H34N4O3.HI/c1-3-4-14-26-16-17-27-15-9-22-20(21-2)24-12-10-23(11-13-24)18-7-5-6-8-19(18)25;/h5-8,25H,3-4,9-17H2,1-2H3,(H,21,22);1H. The summed E-state index contributed by atoms with van der Waals surface area (Å²) in [6.45, 7) is 9.04. The summed E-state index contributed by atoms with van der Waals surface area (Å²) < 4.78 is 11.1. The quantitative estimate of drug-likeness (QED) is 0.220. The summed E-state index contributed by atoms with van der Waals surface area (Å²) in [5.41, 5.74) is 0.898. The second kappa shape index (κ2) is 14.7. The van der Waals surface area contributed by atoms with Crippen molar-refractivity contribution in [2.24, 2.45) is 4.99 Å². The van der Waals surface area contributed by atoms with E-state index in [1.54, 1.807) is 13.1 Å². The number of para-hydroxylation sites is 2. The molecule has 1 saturated heterocycles. The molecule has 0 radical (unpaired) electrons. The third-order valence-electron chi connectivity index (χ3n) is 4.56. The van der Waals surface area contributed by atoms with Crippen LogP contribution >= 0.6 is 24.0 Å². The van der Waals surface area contributed by atoms with Gasteiger partial charge in [0.25, 0.3) is 0 Å². The van der Waals surface area contributed by atoms with Crippen LogP contribution in [0.3, 0.4) is 0 Å². The number of nitrogens with zero attached hydrogens (tertiary/aromatic N) is 3. The Bertz CT molecular complexity index is 566. The highest BCUT2D eigenvalue weighted by Crippen LogP contribution is 2.27. The van der Waals surface area contributed by atoms with Crippen LogP contribution in [-0.2, 0) is 9.47 Å². The van der Waals surface area contributed by atoms with Crippen molar-refractivity contribution in [1.82, 2.24) is 10.2 Å². The molecule has 8 heteroatoms. The maximum absolute atomic E-state index is 10.0. The average Bonchev–Trinajstić information content (AvgIpc) is 2.70. The van der Waals surface area contributed by atoms with E-state index in [2.05, 4.69) is 27.0 Å². The number of aromatic hydroxyl groups is 1. The smallest absolute Gasteiger partial charge is 0.193 e. The summed E-state index contributed by atoms with van der Waals surface area (Å²) in [7, 11) is 1.81. The molecule has 0 bridgehead atoms. The van der Waals surface area contributed by atoms with E-state index in [1.807, 2.05) is 18.2 Å². The van der Waals surface area contributed by atoms with Crippen LogP contribution in [0, 0.1) is 0 Å². The van der Waals surface area contributed by atoms with Gasteiger partial charge in [0.1, 0.15) is 5.75 Å². The molecule has 0 unspecified atom stereocenters. The average molecular weight is 506 g/mol. The van der Waals surface area contributed by atoms with Gasteiger partial charge in [-0.15, -0.1) is 24.0 Å². The summed E-state index contributed by atoms with van der Waals surface area (Å²) in [4.78, 5) is 8.83. The highest BCUT2D eigenvalue weighted by Gasteiger charge is 2.21. The highest BCUT2D eigenvalue weighted by atomic mass is 127. The van der Waals surface area contributed by atoms with Crippen molar-refractivity contribution >= 4 is 35.6 Å². The van der Waals surface area contributed by atoms with Crippen LogP contribution in [0.25, 0.3) is 0 Å². The van der Waals surface area contributed by atoms with Gasteiger partial charge < -0.3 is 29.7 Å². The van der Waals surface area contributed by atoms with E-state index in [4.69, 9.17) is 9.47 Å². The third kappa shape index (κ3) is 8.40. The van der Waals surface area contributed by atoms with E-state index >= 15 is 0 Å². The lowest BCUT2D eigenvalue weighted by Gasteiger charge is -2.37. The Kier molecular flexibility index (Phi) is 13.0. The number of phenolic OH excluding ortho intramolecular Hbond substituents is 1. The molecule has 1 fully saturated rings. The molecule has 0 spiro atoms. The molecule has 28 heavy (non-hydrogen) atoms. The zero-order valence-electron chi connectivity index (χ0n) is 17.1. The summed E-state index contributed by atoms with van der Waals surface area (Å²) in [6, 6.07) is 7.50. The number of guanidine groups is 1. The van der Waals surface area contributed by atoms with Crippen molar-refractivity contribution in [3.63, 3.8) is 0 Å². The number of ether oxygens (including phenoxy) is 2. The van der Waals surface area contributed by atoms with E-state index in [0.717, 1.165) is 63.8 Å². The minimum Gasteiger partial charge on any atom is -0.506 e. The minimum absolute atomic E-state index is 0. The number of anilines is 1. The third-order valence-corrected chi connectivity index (χ3v) is 4.56. The number of piperazine rings is 1. The lowest BCUT2D eigenvalue weighted by Crippen LogP contribution is -2.53. The van der Waals surface area contributed by atoms with Gasteiger partial charge in [0.2, 0.25) is 0 Å². The fraction of sp³-hybridized carbons (Fsp3) is 0.650. The Labute approximate surface area is 186 Å². The lowest BCUT2D eigenvalue weighted by atomic mass is 10.2. The van der Waals surface area contributed by atoms with Gasteiger partial charge in [0, 0.05) is 46.4 Å². The number of hydrogen-bond acceptors (Lipinski definition) is 5. The molecule has 1 aliphatic rings. The summed E-state index contributed by atoms with van der Waals surface area (Å²) in [6.07, 6.45) is 2.26. The summed E-state index contributed by atoms with van der Waals surface area (Å²) in [5.74, 6) is 1.24. The molecule has 1 aliphatic heterocycles. The van der Waals surface area contributed by atoms with Crippen molar-refractivity contribution in [3.05, 3.63) is 24.3 Å². The molecule has 2 N–H and O–H groups in total. The molecule has 160 valence electrons. The fourth-order valence-corrected chi connectivity index (χ4v) is 3.03. The second-order valence-electron chi connectivity index (χ2n) is 6.52. The molecule has 0 amide bonds. The topological polar surface area (TPSA) is 69.6 Å². The van der Waals surface area contributed by atoms with Crippen molar-refractivity contribution in [1.29, 1.82) is 0 Å². The Morgan fingerprint density at radius 2 is 1.75 bits per heavy atom. The maximum Gasteiger partial charge on any atom is 0.193 e. The molecule has 0 atom stereocenters. The van der Waals surface area contributed by atoms with Gasteiger partial charge >= 0.3 is 0 Å². The second-order valence-corrected chi connectivity index (χ2v) is 6.52. The van der Waals surface area contributed by atoms with Crippen LogP contribution in [0.15, 0.2) is 29.3 Å². The van der Waals surface area contributed by atoms with Crippen molar-refractivity contribution in [3.8, 4) is 5.75 Å². The van der Waals surface area contributed by atoms with Gasteiger partial charge in [-0.3, -0.25) is 4.99 Å². The first kappa shape index (κ1) is 24.8. The number of aliphatic imine (C=N–C) groups is 1. The minimum atomic E-state index is 0. The van der Waals surface area contributed by atoms with Crippen molar-refractivity contribution in [2.45, 2.75) is 19.8 Å². The zero-order chi connectivity index (χ0) is 19.3. The van der Waals surface area contributed by atoms with Crippen LogP contribution in [-0.4, -0.2) is 82.2 Å². The number of phenols is 1. The van der Waals surface area contributed by atoms with Gasteiger partial charge in [0.05, 0.1) is 25.5 Å². The SMILES string of the molecule is CCCCOCCOCCNC(=NC)N1CCN(c2ccccc2O)CC1.I. The fourth-order valence-electron chi connectivity index (χ4n) is 3.03. The van der Waals surface area contributed by atoms with Crippen LogP contribution in [0.5, 0.6) is 5.75 Å². The predicted molar refractivity (Wildman–Crippen MR) is 125 cm³/mol. The molecule has 2 rings (SSSR count). The number of benzene rings is 1. The molecule has 1 aromatic rings. The monoisotopic (exact) mass is 506 g/mol. The first-order valence-electron chi connectivity index (χ1n) is 9.90. The first-order valence-corrected chi connectivity index (χ1v) is 9.90. The van der Waals surface area contributed by atoms with Gasteiger partial charge in [-0.05, 0) is 18.6 Å². The predicted octanol–water partition coefficient (Wildman–Crippen LogP) is 2.54. The van der Waals surface area contributed by atoms with Gasteiger partial charge in [-0.25, -0.2) is 0 Å². The molecule has 0 aromatic heterocycles. The number of unbranched alkanes of at least 4 members (excludes halogenated alkanes) is 1. The van der Waals surface area contributed by atoms with Gasteiger partial charge in [-0.2, -0.15) is 0 Å². The number of hydrogen-bond donors (Lipinski definition) is 2. The van der Waals surface area contributed by atoms with E-state index in [-0.39, 0.29) is 24.0 Å². The zero-order valence-corrected chi connectivity index (χ0v) is 19.4. The molecule has 0 saturated carbocycles. The summed E-state index contributed by atoms with van der Waals surface area (Å²) >= 11 is 0. The Balaban J connectivity index is 0.00000392. The van der Waals surface area contributed by atoms with Crippen LogP contribution in [0.4, 0.5) is 5.69 Å². The van der Waals surface area contributed by atoms with Gasteiger partial charge in [0.15, 0.2) is 5.96 Å². The molecule has 1 heterocycles. The van der Waals surface area contributed by atoms with Crippen LogP contribution < -0.4 is 10.2 Å². The molecule has 7 nitrogen and oxygen atoms in total.